The summed E-state index contributed by atoms with van der Waals surface area (Å²) >= 11 is 0. The molecule has 1 N–H and O–H groups in total. The van der Waals surface area contributed by atoms with Gasteiger partial charge in [0.25, 0.3) is 0 Å². The third-order valence-corrected chi connectivity index (χ3v) is 3.81. The minimum Gasteiger partial charge on any atom is -0.464 e. The van der Waals surface area contributed by atoms with E-state index in [1.165, 1.54) is 30.2 Å². The van der Waals surface area contributed by atoms with E-state index < -0.39 is 0 Å². The van der Waals surface area contributed by atoms with E-state index in [9.17, 15) is 0 Å². The van der Waals surface area contributed by atoms with Crippen molar-refractivity contribution in [3.63, 3.8) is 0 Å². The van der Waals surface area contributed by atoms with E-state index in [-0.39, 0.29) is 0 Å². The predicted octanol–water partition coefficient (Wildman–Crippen LogP) is 2.76. The topological polar surface area (TPSA) is 34.1 Å². The SMILES string of the molecule is C=COc1cncc(C2=C[C@H]3NCCC[C@H]3C2)c1. The second-order valence-corrected chi connectivity index (χ2v) is 4.97. The van der Waals surface area contributed by atoms with Crippen molar-refractivity contribution >= 4 is 5.57 Å². The molecular formula is C15H18N2O. The number of piperidine rings is 1. The highest BCUT2D eigenvalue weighted by Gasteiger charge is 2.29. The van der Waals surface area contributed by atoms with Crippen LogP contribution in [0.2, 0.25) is 0 Å². The Hall–Kier alpha value is -1.61. The molecule has 3 heteroatoms. The molecule has 1 fully saturated rings. The van der Waals surface area contributed by atoms with Gasteiger partial charge in [-0.15, -0.1) is 0 Å². The normalized spacial score (nSPS) is 26.3. The summed E-state index contributed by atoms with van der Waals surface area (Å²) in [5.74, 6) is 1.52. The highest BCUT2D eigenvalue weighted by molar-refractivity contribution is 5.69. The number of hydrogen-bond donors (Lipinski definition) is 1. The Morgan fingerprint density at radius 3 is 3.22 bits per heavy atom. The first-order valence-corrected chi connectivity index (χ1v) is 6.54. The van der Waals surface area contributed by atoms with E-state index in [1.807, 2.05) is 12.3 Å². The number of nitrogens with one attached hydrogen (secondary N) is 1. The van der Waals surface area contributed by atoms with E-state index in [0.717, 1.165) is 24.6 Å². The third kappa shape index (κ3) is 2.18. The van der Waals surface area contributed by atoms with Gasteiger partial charge in [-0.05, 0) is 48.9 Å². The van der Waals surface area contributed by atoms with E-state index >= 15 is 0 Å². The summed E-state index contributed by atoms with van der Waals surface area (Å²) in [4.78, 5) is 4.23. The number of ether oxygens (including phenoxy) is 1. The summed E-state index contributed by atoms with van der Waals surface area (Å²) in [5.41, 5.74) is 2.56. The molecule has 3 nitrogen and oxygen atoms in total. The van der Waals surface area contributed by atoms with Crippen LogP contribution in [-0.4, -0.2) is 17.6 Å². The Morgan fingerprint density at radius 2 is 2.39 bits per heavy atom. The Kier molecular flexibility index (Phi) is 3.15. The highest BCUT2D eigenvalue weighted by Crippen LogP contribution is 2.37. The summed E-state index contributed by atoms with van der Waals surface area (Å²) < 4.78 is 5.28. The molecule has 18 heavy (non-hydrogen) atoms. The third-order valence-electron chi connectivity index (χ3n) is 3.81. The van der Waals surface area contributed by atoms with Crippen molar-refractivity contribution in [3.8, 4) is 5.75 Å². The maximum absolute atomic E-state index is 5.28. The molecule has 2 aliphatic rings. The van der Waals surface area contributed by atoms with Crippen LogP contribution in [-0.2, 0) is 0 Å². The standard InChI is InChI=1S/C15H18N2O/c1-2-18-14-7-13(9-16-10-14)12-6-11-4-3-5-17-15(11)8-12/h2,7-11,15,17H,1,3-6H2/t11-,15+/m0/s1. The second-order valence-electron chi connectivity index (χ2n) is 4.97. The molecule has 94 valence electrons. The fraction of sp³-hybridized carbons (Fsp3) is 0.400. The van der Waals surface area contributed by atoms with Crippen LogP contribution in [0.4, 0.5) is 0 Å². The fourth-order valence-electron chi connectivity index (χ4n) is 2.94. The van der Waals surface area contributed by atoms with Crippen molar-refractivity contribution in [2.45, 2.75) is 25.3 Å². The number of fused-ring (bicyclic) bond motifs is 1. The second kappa shape index (κ2) is 4.94. The smallest absolute Gasteiger partial charge is 0.145 e. The first-order valence-electron chi connectivity index (χ1n) is 6.54. The van der Waals surface area contributed by atoms with E-state index in [1.54, 1.807) is 6.20 Å². The van der Waals surface area contributed by atoms with Crippen LogP contribution in [0.5, 0.6) is 5.75 Å². The van der Waals surface area contributed by atoms with Crippen LogP contribution in [0, 0.1) is 5.92 Å². The van der Waals surface area contributed by atoms with Crippen molar-refractivity contribution in [2.24, 2.45) is 5.92 Å². The van der Waals surface area contributed by atoms with Gasteiger partial charge in [0.2, 0.25) is 0 Å². The Morgan fingerprint density at radius 1 is 1.44 bits per heavy atom. The van der Waals surface area contributed by atoms with Gasteiger partial charge in [0, 0.05) is 12.2 Å². The lowest BCUT2D eigenvalue weighted by Crippen LogP contribution is -2.37. The number of rotatable bonds is 3. The van der Waals surface area contributed by atoms with Gasteiger partial charge in [-0.3, -0.25) is 4.98 Å². The van der Waals surface area contributed by atoms with Gasteiger partial charge in [-0.1, -0.05) is 12.7 Å². The largest absolute Gasteiger partial charge is 0.464 e. The number of nitrogens with zero attached hydrogens (tertiary/aromatic N) is 1. The van der Waals surface area contributed by atoms with Crippen molar-refractivity contribution in [1.82, 2.24) is 10.3 Å². The Balaban J connectivity index is 1.82. The summed E-state index contributed by atoms with van der Waals surface area (Å²) in [6.45, 7) is 4.71. The molecule has 2 heterocycles. The molecule has 0 aromatic carbocycles. The summed E-state index contributed by atoms with van der Waals surface area (Å²) in [7, 11) is 0. The van der Waals surface area contributed by atoms with Gasteiger partial charge in [0.15, 0.2) is 0 Å². The molecule has 0 radical (unpaired) electrons. The summed E-state index contributed by atoms with van der Waals surface area (Å²) in [5, 5.41) is 3.58. The molecule has 0 spiro atoms. The molecule has 2 atom stereocenters. The fourth-order valence-corrected chi connectivity index (χ4v) is 2.94. The Bertz CT molecular complexity index is 481. The zero-order valence-corrected chi connectivity index (χ0v) is 10.4. The van der Waals surface area contributed by atoms with E-state index in [2.05, 4.69) is 23.0 Å². The molecule has 1 aromatic heterocycles. The molecule has 1 aliphatic carbocycles. The van der Waals surface area contributed by atoms with Gasteiger partial charge in [0.1, 0.15) is 5.75 Å². The lowest BCUT2D eigenvalue weighted by atomic mass is 9.92. The maximum atomic E-state index is 5.28. The molecular weight excluding hydrogens is 224 g/mol. The van der Waals surface area contributed by atoms with Gasteiger partial charge < -0.3 is 10.1 Å². The van der Waals surface area contributed by atoms with Crippen molar-refractivity contribution in [3.05, 3.63) is 42.9 Å². The number of hydrogen-bond acceptors (Lipinski definition) is 3. The molecule has 0 unspecified atom stereocenters. The van der Waals surface area contributed by atoms with Crippen LogP contribution >= 0.6 is 0 Å². The van der Waals surface area contributed by atoms with E-state index in [4.69, 9.17) is 4.74 Å². The minimum atomic E-state index is 0.553. The molecule has 1 aliphatic heterocycles. The molecule has 3 rings (SSSR count). The number of aromatic nitrogens is 1. The average Bonchev–Trinajstić information content (AvgIpc) is 2.83. The first kappa shape index (κ1) is 11.5. The number of pyridine rings is 1. The maximum Gasteiger partial charge on any atom is 0.145 e. The Labute approximate surface area is 108 Å². The minimum absolute atomic E-state index is 0.553. The van der Waals surface area contributed by atoms with Crippen LogP contribution < -0.4 is 10.1 Å². The molecule has 0 bridgehead atoms. The van der Waals surface area contributed by atoms with Gasteiger partial charge in [0.05, 0.1) is 12.5 Å². The van der Waals surface area contributed by atoms with Gasteiger partial charge >= 0.3 is 0 Å². The van der Waals surface area contributed by atoms with Crippen molar-refractivity contribution in [1.29, 1.82) is 0 Å². The molecule has 0 amide bonds. The molecule has 1 saturated heterocycles. The molecule has 0 saturated carbocycles. The zero-order valence-electron chi connectivity index (χ0n) is 10.4. The molecule has 1 aromatic rings. The lowest BCUT2D eigenvalue weighted by Gasteiger charge is -2.25. The predicted molar refractivity (Wildman–Crippen MR) is 72.2 cm³/mol. The average molecular weight is 242 g/mol. The monoisotopic (exact) mass is 242 g/mol. The van der Waals surface area contributed by atoms with Gasteiger partial charge in [-0.2, -0.15) is 0 Å². The quantitative estimate of drug-likeness (QED) is 0.828. The van der Waals surface area contributed by atoms with Crippen LogP contribution in [0.25, 0.3) is 5.57 Å². The van der Waals surface area contributed by atoms with Crippen LogP contribution in [0.3, 0.4) is 0 Å². The lowest BCUT2D eigenvalue weighted by molar-refractivity contribution is 0.341. The van der Waals surface area contributed by atoms with Crippen molar-refractivity contribution in [2.75, 3.05) is 6.54 Å². The summed E-state index contributed by atoms with van der Waals surface area (Å²) in [6.07, 6.45) is 11.2. The number of allylic oxidation sites excluding steroid dienone is 1. The van der Waals surface area contributed by atoms with Gasteiger partial charge in [-0.25, -0.2) is 0 Å². The van der Waals surface area contributed by atoms with E-state index in [0.29, 0.717) is 6.04 Å². The highest BCUT2D eigenvalue weighted by atomic mass is 16.5. The first-order chi connectivity index (χ1) is 8.86. The summed E-state index contributed by atoms with van der Waals surface area (Å²) in [6, 6.07) is 2.59. The van der Waals surface area contributed by atoms with Crippen LogP contribution in [0.15, 0.2) is 37.4 Å². The zero-order chi connectivity index (χ0) is 12.4. The van der Waals surface area contributed by atoms with Crippen molar-refractivity contribution < 1.29 is 4.74 Å². The van der Waals surface area contributed by atoms with Crippen LogP contribution in [0.1, 0.15) is 24.8 Å².